The first-order chi connectivity index (χ1) is 20.7. The van der Waals surface area contributed by atoms with Crippen molar-refractivity contribution in [2.75, 3.05) is 0 Å². The number of aryl methyl sites for hydroxylation is 1. The van der Waals surface area contributed by atoms with E-state index < -0.39 is 47.7 Å². The van der Waals surface area contributed by atoms with Crippen molar-refractivity contribution in [1.82, 2.24) is 15.4 Å². The molecule has 0 spiro atoms. The monoisotopic (exact) mass is 607 g/mol. The van der Waals surface area contributed by atoms with Gasteiger partial charge in [-0.3, -0.25) is 18.7 Å². The van der Waals surface area contributed by atoms with E-state index in [4.69, 9.17) is 0 Å². The average Bonchev–Trinajstić information content (AvgIpc) is 2.97. The number of amides is 2. The van der Waals surface area contributed by atoms with Crippen molar-refractivity contribution in [1.29, 1.82) is 0 Å². The third kappa shape index (κ3) is 10.8. The van der Waals surface area contributed by atoms with Crippen LogP contribution in [0, 0.1) is 5.92 Å². The minimum atomic E-state index is -3.42. The second-order valence-corrected chi connectivity index (χ2v) is 13.2. The largest absolute Gasteiger partial charge is 0.475 e. The zero-order valence-electron chi connectivity index (χ0n) is 24.2. The number of hydrogen-bond acceptors (Lipinski definition) is 7. The van der Waals surface area contributed by atoms with Gasteiger partial charge in [-0.25, -0.2) is 4.72 Å². The molecule has 0 heterocycles. The molecule has 1 aliphatic carbocycles. The molecule has 0 bridgehead atoms. The molecular weight excluding hydrogens is 565 g/mol. The molecule has 0 saturated heterocycles. The van der Waals surface area contributed by atoms with E-state index in [1.807, 2.05) is 66.7 Å². The van der Waals surface area contributed by atoms with Gasteiger partial charge in [0.15, 0.2) is 0 Å². The van der Waals surface area contributed by atoms with Crippen LogP contribution in [0.4, 0.5) is 0 Å². The van der Waals surface area contributed by atoms with Crippen LogP contribution in [0.5, 0.6) is 0 Å². The lowest BCUT2D eigenvalue weighted by Gasteiger charge is -2.37. The molecule has 2 amide bonds. The van der Waals surface area contributed by atoms with Gasteiger partial charge in [0.2, 0.25) is 11.8 Å². The van der Waals surface area contributed by atoms with Gasteiger partial charge in [0.25, 0.3) is 0 Å². The van der Waals surface area contributed by atoms with Crippen LogP contribution in [0.25, 0.3) is 0 Å². The summed E-state index contributed by atoms with van der Waals surface area (Å²) in [5.41, 5.74) is 2.50. The Bertz CT molecular complexity index is 1280. The van der Waals surface area contributed by atoms with Gasteiger partial charge in [-0.2, -0.15) is 0 Å². The van der Waals surface area contributed by atoms with Gasteiger partial charge >= 0.3 is 7.12 Å². The third-order valence-electron chi connectivity index (χ3n) is 7.84. The van der Waals surface area contributed by atoms with Crippen LogP contribution in [0.2, 0.25) is 0 Å². The highest BCUT2D eigenvalue weighted by Crippen LogP contribution is 2.39. The van der Waals surface area contributed by atoms with Crippen LogP contribution < -0.4 is 15.4 Å². The Hall–Kier alpha value is -3.19. The van der Waals surface area contributed by atoms with Gasteiger partial charge in [-0.15, -0.1) is 10.8 Å². The summed E-state index contributed by atoms with van der Waals surface area (Å²) in [6.07, 6.45) is 4.39. The molecule has 0 aromatic heterocycles. The van der Waals surface area contributed by atoms with E-state index in [2.05, 4.69) is 15.4 Å². The van der Waals surface area contributed by atoms with E-state index >= 15 is 0 Å². The summed E-state index contributed by atoms with van der Waals surface area (Å²) in [6, 6.07) is 25.8. The van der Waals surface area contributed by atoms with E-state index in [0.29, 0.717) is 24.3 Å². The van der Waals surface area contributed by atoms with Crippen LogP contribution in [0.15, 0.2) is 91.0 Å². The van der Waals surface area contributed by atoms with E-state index in [1.54, 1.807) is 24.3 Å². The van der Waals surface area contributed by atoms with Crippen LogP contribution >= 0.6 is 10.8 Å². The molecule has 11 heteroatoms. The van der Waals surface area contributed by atoms with E-state index in [9.17, 15) is 28.7 Å². The van der Waals surface area contributed by atoms with Gasteiger partial charge in [0.05, 0.1) is 11.7 Å². The van der Waals surface area contributed by atoms with Gasteiger partial charge in [0, 0.05) is 6.42 Å². The predicted molar refractivity (Wildman–Crippen MR) is 171 cm³/mol. The van der Waals surface area contributed by atoms with Crippen LogP contribution in [0.1, 0.15) is 48.8 Å². The summed E-state index contributed by atoms with van der Waals surface area (Å²) in [6.45, 7) is 0. The molecule has 43 heavy (non-hydrogen) atoms. The van der Waals surface area contributed by atoms with Crippen molar-refractivity contribution in [3.63, 3.8) is 0 Å². The number of carbonyl (C=O) groups is 2. The SMILES string of the molecule is O=C(N[C@@H](CC1CCC1)B(O)O)[C@H](Cc1ccccc1)NC(=O)[C@H](CCc1ccccc1)NS(O)(O)Cc1ccccc1. The Morgan fingerprint density at radius 2 is 1.30 bits per heavy atom. The Kier molecular flexibility index (Phi) is 12.2. The van der Waals surface area contributed by atoms with E-state index in [1.165, 1.54) is 0 Å². The number of carbonyl (C=O) groups excluding carboxylic acids is 2. The number of hydrogen-bond donors (Lipinski definition) is 7. The third-order valence-corrected chi connectivity index (χ3v) is 9.24. The number of benzene rings is 3. The van der Waals surface area contributed by atoms with Crippen molar-refractivity contribution >= 4 is 29.7 Å². The van der Waals surface area contributed by atoms with Gasteiger partial charge < -0.3 is 20.7 Å². The molecule has 0 unspecified atom stereocenters. The zero-order chi connectivity index (χ0) is 30.7. The first kappa shape index (κ1) is 32.7. The fraction of sp³-hybridized carbons (Fsp3) is 0.375. The highest BCUT2D eigenvalue weighted by atomic mass is 32.3. The lowest BCUT2D eigenvalue weighted by Crippen LogP contribution is -2.57. The average molecular weight is 608 g/mol. The first-order valence-electron chi connectivity index (χ1n) is 14.8. The Morgan fingerprint density at radius 1 is 0.767 bits per heavy atom. The fourth-order valence-electron chi connectivity index (χ4n) is 5.23. The zero-order valence-corrected chi connectivity index (χ0v) is 25.0. The fourth-order valence-corrected chi connectivity index (χ4v) is 6.65. The number of rotatable bonds is 16. The summed E-state index contributed by atoms with van der Waals surface area (Å²) < 4.78 is 24.7. The Morgan fingerprint density at radius 3 is 1.84 bits per heavy atom. The molecule has 3 aromatic carbocycles. The minimum Gasteiger partial charge on any atom is -0.426 e. The molecule has 9 nitrogen and oxygen atoms in total. The lowest BCUT2D eigenvalue weighted by molar-refractivity contribution is -0.130. The summed E-state index contributed by atoms with van der Waals surface area (Å²) in [5, 5.41) is 25.6. The van der Waals surface area contributed by atoms with Crippen molar-refractivity contribution in [2.24, 2.45) is 5.92 Å². The summed E-state index contributed by atoms with van der Waals surface area (Å²) >= 11 is 0. The molecule has 3 atom stereocenters. The predicted octanol–water partition coefficient (Wildman–Crippen LogP) is 3.86. The summed E-state index contributed by atoms with van der Waals surface area (Å²) in [5.74, 6) is -1.71. The smallest absolute Gasteiger partial charge is 0.426 e. The molecule has 0 radical (unpaired) electrons. The van der Waals surface area contributed by atoms with Crippen LogP contribution in [-0.2, 0) is 28.2 Å². The molecule has 4 rings (SSSR count). The van der Waals surface area contributed by atoms with E-state index in [0.717, 1.165) is 30.4 Å². The molecule has 1 aliphatic rings. The molecule has 230 valence electrons. The Labute approximate surface area is 255 Å². The molecular formula is C32H42BN3O6S. The topological polar surface area (TPSA) is 151 Å². The molecule has 0 aliphatic heterocycles. The maximum absolute atomic E-state index is 13.8. The second-order valence-electron chi connectivity index (χ2n) is 11.3. The maximum atomic E-state index is 13.8. The molecule has 1 fully saturated rings. The maximum Gasteiger partial charge on any atom is 0.475 e. The van der Waals surface area contributed by atoms with Crippen molar-refractivity contribution in [2.45, 2.75) is 68.7 Å². The quantitative estimate of drug-likeness (QED) is 0.122. The summed E-state index contributed by atoms with van der Waals surface area (Å²) in [7, 11) is -5.15. The van der Waals surface area contributed by atoms with Gasteiger partial charge in [-0.05, 0) is 41.9 Å². The van der Waals surface area contributed by atoms with Crippen molar-refractivity contribution < 1.29 is 28.7 Å². The van der Waals surface area contributed by atoms with Gasteiger partial charge in [0.1, 0.15) is 12.1 Å². The lowest BCUT2D eigenvalue weighted by atomic mass is 9.69. The molecule has 3 aromatic rings. The van der Waals surface area contributed by atoms with Crippen molar-refractivity contribution in [3.05, 3.63) is 108 Å². The highest BCUT2D eigenvalue weighted by Gasteiger charge is 2.34. The molecule has 7 N–H and O–H groups in total. The Balaban J connectivity index is 1.52. The standard InChI is InChI=1S/C32H42BN3O6S/c37-31(28(20-19-24-11-4-1-5-12-24)36-43(41,42)23-27-15-8-3-9-16-27)34-29(21-25-13-6-2-7-14-25)32(38)35-30(33(39)40)22-26-17-10-18-26/h1-9,11-16,26,28-30,36,39-42H,10,17-23H2,(H,34,37)(H,35,38)/t28-,29-,30-/m0/s1. The number of nitrogens with one attached hydrogen (secondary N) is 3. The van der Waals surface area contributed by atoms with Crippen molar-refractivity contribution in [3.8, 4) is 0 Å². The van der Waals surface area contributed by atoms with Gasteiger partial charge in [-0.1, -0.05) is 110 Å². The summed E-state index contributed by atoms with van der Waals surface area (Å²) in [4.78, 5) is 27.3. The second kappa shape index (κ2) is 16.0. The minimum absolute atomic E-state index is 0.0753. The first-order valence-corrected chi connectivity index (χ1v) is 16.5. The highest BCUT2D eigenvalue weighted by molar-refractivity contribution is 8.22. The van der Waals surface area contributed by atoms with Crippen LogP contribution in [-0.4, -0.2) is 56.1 Å². The molecule has 1 saturated carbocycles. The normalized spacial score (nSPS) is 15.9. The van der Waals surface area contributed by atoms with E-state index in [-0.39, 0.29) is 18.6 Å². The van der Waals surface area contributed by atoms with Crippen LogP contribution in [0.3, 0.4) is 0 Å².